The number of hydrogen-bond acceptors (Lipinski definition) is 3. The molecule has 2 unspecified atom stereocenters. The Morgan fingerprint density at radius 3 is 2.89 bits per heavy atom. The van der Waals surface area contributed by atoms with E-state index in [0.717, 1.165) is 18.6 Å². The number of pyridine rings is 1. The van der Waals surface area contributed by atoms with Gasteiger partial charge in [0.05, 0.1) is 0 Å². The van der Waals surface area contributed by atoms with Gasteiger partial charge in [-0.2, -0.15) is 0 Å². The van der Waals surface area contributed by atoms with Crippen LogP contribution in [0.25, 0.3) is 0 Å². The van der Waals surface area contributed by atoms with Crippen molar-refractivity contribution in [3.63, 3.8) is 0 Å². The Morgan fingerprint density at radius 1 is 1.28 bits per heavy atom. The van der Waals surface area contributed by atoms with E-state index in [-0.39, 0.29) is 0 Å². The first-order valence-electron chi connectivity index (χ1n) is 7.24. The summed E-state index contributed by atoms with van der Waals surface area (Å²) in [6.45, 7) is 7.25. The Kier molecular flexibility index (Phi) is 3.62. The number of nitrogens with zero attached hydrogens (tertiary/aromatic N) is 3. The van der Waals surface area contributed by atoms with Crippen LogP contribution in [-0.2, 0) is 6.54 Å². The van der Waals surface area contributed by atoms with Crippen LogP contribution in [0.2, 0.25) is 0 Å². The van der Waals surface area contributed by atoms with Gasteiger partial charge in [0.25, 0.3) is 0 Å². The van der Waals surface area contributed by atoms with Gasteiger partial charge in [-0.25, -0.2) is 0 Å². The third kappa shape index (κ3) is 2.43. The maximum Gasteiger partial charge on any atom is 0.0271 e. The van der Waals surface area contributed by atoms with Crippen LogP contribution in [0, 0.1) is 0 Å². The van der Waals surface area contributed by atoms with E-state index < -0.39 is 0 Å². The summed E-state index contributed by atoms with van der Waals surface area (Å²) in [4.78, 5) is 9.49. The van der Waals surface area contributed by atoms with Crippen molar-refractivity contribution >= 4 is 0 Å². The van der Waals surface area contributed by atoms with Crippen molar-refractivity contribution < 1.29 is 0 Å². The van der Waals surface area contributed by atoms with Crippen LogP contribution in [-0.4, -0.2) is 46.5 Å². The highest BCUT2D eigenvalue weighted by atomic mass is 15.3. The van der Waals surface area contributed by atoms with Gasteiger partial charge in [-0.15, -0.1) is 0 Å². The summed E-state index contributed by atoms with van der Waals surface area (Å²) in [5.41, 5.74) is 1.40. The number of piperazine rings is 1. The molecule has 1 aromatic rings. The van der Waals surface area contributed by atoms with E-state index in [1.807, 2.05) is 12.4 Å². The molecule has 0 N–H and O–H groups in total. The molecule has 98 valence electrons. The minimum Gasteiger partial charge on any atom is -0.298 e. The van der Waals surface area contributed by atoms with Crippen molar-refractivity contribution in [1.82, 2.24) is 14.8 Å². The molecule has 0 saturated carbocycles. The number of aromatic nitrogens is 1. The average molecular weight is 245 g/mol. The van der Waals surface area contributed by atoms with Crippen molar-refractivity contribution in [2.45, 2.75) is 44.8 Å². The van der Waals surface area contributed by atoms with Crippen molar-refractivity contribution in [2.24, 2.45) is 0 Å². The quantitative estimate of drug-likeness (QED) is 0.813. The summed E-state index contributed by atoms with van der Waals surface area (Å²) >= 11 is 0. The summed E-state index contributed by atoms with van der Waals surface area (Å²) < 4.78 is 0. The summed E-state index contributed by atoms with van der Waals surface area (Å²) in [6, 6.07) is 5.84. The lowest BCUT2D eigenvalue weighted by Gasteiger charge is -2.43. The first-order valence-corrected chi connectivity index (χ1v) is 7.24. The molecular weight excluding hydrogens is 222 g/mol. The molecule has 3 heteroatoms. The molecule has 3 rings (SSSR count). The van der Waals surface area contributed by atoms with E-state index in [1.54, 1.807) is 0 Å². The highest BCUT2D eigenvalue weighted by Crippen LogP contribution is 2.26. The lowest BCUT2D eigenvalue weighted by molar-refractivity contribution is 0.0437. The second-order valence-corrected chi connectivity index (χ2v) is 5.64. The first-order chi connectivity index (χ1) is 8.86. The fraction of sp³-hybridized carbons (Fsp3) is 0.667. The Bertz CT molecular complexity index is 379. The SMILES string of the molecule is CCC1CN2CCCC2CN1Cc1ccncc1. The molecule has 2 aliphatic heterocycles. The molecule has 2 aliphatic rings. The Hall–Kier alpha value is -0.930. The monoisotopic (exact) mass is 245 g/mol. The molecule has 0 bridgehead atoms. The topological polar surface area (TPSA) is 19.4 Å². The van der Waals surface area contributed by atoms with E-state index in [0.29, 0.717) is 0 Å². The zero-order chi connectivity index (χ0) is 12.4. The van der Waals surface area contributed by atoms with Crippen LogP contribution in [0.15, 0.2) is 24.5 Å². The zero-order valence-electron chi connectivity index (χ0n) is 11.3. The standard InChI is InChI=1S/C15H23N3/c1-2-14-11-17-9-3-4-15(17)12-18(14)10-13-5-7-16-8-6-13/h5-8,14-15H,2-4,9-12H2,1H3. The third-order valence-corrected chi connectivity index (χ3v) is 4.51. The molecule has 0 aromatic carbocycles. The van der Waals surface area contributed by atoms with Crippen LogP contribution in [0.1, 0.15) is 31.7 Å². The van der Waals surface area contributed by atoms with Crippen LogP contribution >= 0.6 is 0 Å². The Labute approximate surface area is 110 Å². The van der Waals surface area contributed by atoms with E-state index in [4.69, 9.17) is 0 Å². The molecule has 3 heterocycles. The van der Waals surface area contributed by atoms with E-state index in [2.05, 4.69) is 33.8 Å². The molecule has 0 radical (unpaired) electrons. The van der Waals surface area contributed by atoms with E-state index in [1.165, 1.54) is 44.5 Å². The molecular formula is C15H23N3. The molecule has 0 aliphatic carbocycles. The van der Waals surface area contributed by atoms with Gasteiger partial charge < -0.3 is 0 Å². The minimum atomic E-state index is 0.729. The average Bonchev–Trinajstić information content (AvgIpc) is 2.86. The van der Waals surface area contributed by atoms with Gasteiger partial charge in [0, 0.05) is 44.1 Å². The largest absolute Gasteiger partial charge is 0.298 e. The van der Waals surface area contributed by atoms with Gasteiger partial charge in [0.1, 0.15) is 0 Å². The van der Waals surface area contributed by atoms with Crippen molar-refractivity contribution in [1.29, 1.82) is 0 Å². The fourth-order valence-electron chi connectivity index (χ4n) is 3.45. The smallest absolute Gasteiger partial charge is 0.0271 e. The number of fused-ring (bicyclic) bond motifs is 1. The summed E-state index contributed by atoms with van der Waals surface area (Å²) in [7, 11) is 0. The van der Waals surface area contributed by atoms with Gasteiger partial charge in [0.15, 0.2) is 0 Å². The molecule has 2 saturated heterocycles. The molecule has 1 aromatic heterocycles. The highest BCUT2D eigenvalue weighted by Gasteiger charge is 2.35. The van der Waals surface area contributed by atoms with Gasteiger partial charge in [-0.1, -0.05) is 6.92 Å². The molecule has 2 atom stereocenters. The lowest BCUT2D eigenvalue weighted by Crippen LogP contribution is -2.55. The Balaban J connectivity index is 1.69. The predicted octanol–water partition coefficient (Wildman–Crippen LogP) is 2.14. The molecule has 0 spiro atoms. The second kappa shape index (κ2) is 5.37. The van der Waals surface area contributed by atoms with Crippen molar-refractivity contribution in [2.75, 3.05) is 19.6 Å². The van der Waals surface area contributed by atoms with E-state index >= 15 is 0 Å². The molecule has 3 nitrogen and oxygen atoms in total. The number of hydrogen-bond donors (Lipinski definition) is 0. The van der Waals surface area contributed by atoms with Crippen LogP contribution < -0.4 is 0 Å². The molecule has 2 fully saturated rings. The maximum absolute atomic E-state index is 4.10. The number of rotatable bonds is 3. The minimum absolute atomic E-state index is 0.729. The van der Waals surface area contributed by atoms with Crippen molar-refractivity contribution in [3.8, 4) is 0 Å². The van der Waals surface area contributed by atoms with Crippen molar-refractivity contribution in [3.05, 3.63) is 30.1 Å². The predicted molar refractivity (Wildman–Crippen MR) is 73.3 cm³/mol. The molecule has 0 amide bonds. The van der Waals surface area contributed by atoms with Gasteiger partial charge in [0.2, 0.25) is 0 Å². The molecule has 18 heavy (non-hydrogen) atoms. The highest BCUT2D eigenvalue weighted by molar-refractivity contribution is 5.10. The third-order valence-electron chi connectivity index (χ3n) is 4.51. The van der Waals surface area contributed by atoms with Gasteiger partial charge >= 0.3 is 0 Å². The second-order valence-electron chi connectivity index (χ2n) is 5.64. The normalized spacial score (nSPS) is 29.4. The maximum atomic E-state index is 4.10. The van der Waals surface area contributed by atoms with Gasteiger partial charge in [-0.05, 0) is 43.5 Å². The lowest BCUT2D eigenvalue weighted by atomic mass is 10.0. The zero-order valence-corrected chi connectivity index (χ0v) is 11.3. The first kappa shape index (κ1) is 12.1. The summed E-state index contributed by atoms with van der Waals surface area (Å²) in [5.74, 6) is 0. The Morgan fingerprint density at radius 2 is 2.11 bits per heavy atom. The summed E-state index contributed by atoms with van der Waals surface area (Å²) in [5, 5.41) is 0. The van der Waals surface area contributed by atoms with Gasteiger partial charge in [-0.3, -0.25) is 14.8 Å². The van der Waals surface area contributed by atoms with Crippen LogP contribution in [0.5, 0.6) is 0 Å². The van der Waals surface area contributed by atoms with Crippen LogP contribution in [0.4, 0.5) is 0 Å². The fourth-order valence-corrected chi connectivity index (χ4v) is 3.45. The van der Waals surface area contributed by atoms with Crippen LogP contribution in [0.3, 0.4) is 0 Å². The van der Waals surface area contributed by atoms with E-state index in [9.17, 15) is 0 Å². The summed E-state index contributed by atoms with van der Waals surface area (Å²) in [6.07, 6.45) is 7.85.